The standard InChI is InChI=1S/C10H17NO/c1-2-4-6-9(5-3-1)10-11-7-8-12-10/h9H,1-8H2. The van der Waals surface area contributed by atoms with Gasteiger partial charge in [0.15, 0.2) is 5.90 Å². The molecule has 0 atom stereocenters. The van der Waals surface area contributed by atoms with Gasteiger partial charge in [-0.1, -0.05) is 25.7 Å². The molecule has 2 aliphatic rings. The number of nitrogens with zero attached hydrogens (tertiary/aromatic N) is 1. The third kappa shape index (κ3) is 1.79. The Bertz CT molecular complexity index is 169. The number of aliphatic imine (C=N–C) groups is 1. The minimum absolute atomic E-state index is 0.662. The van der Waals surface area contributed by atoms with E-state index in [0.717, 1.165) is 19.0 Å². The van der Waals surface area contributed by atoms with Crippen molar-refractivity contribution in [1.82, 2.24) is 0 Å². The maximum absolute atomic E-state index is 5.50. The maximum Gasteiger partial charge on any atom is 0.186 e. The van der Waals surface area contributed by atoms with Crippen molar-refractivity contribution in [2.24, 2.45) is 10.9 Å². The minimum atomic E-state index is 0.662. The molecule has 1 aliphatic heterocycles. The molecule has 0 bridgehead atoms. The van der Waals surface area contributed by atoms with Crippen molar-refractivity contribution in [2.45, 2.75) is 38.5 Å². The zero-order valence-electron chi connectivity index (χ0n) is 7.59. The molecule has 0 aromatic carbocycles. The van der Waals surface area contributed by atoms with Gasteiger partial charge < -0.3 is 4.74 Å². The highest BCUT2D eigenvalue weighted by atomic mass is 16.5. The summed E-state index contributed by atoms with van der Waals surface area (Å²) < 4.78 is 5.50. The van der Waals surface area contributed by atoms with Crippen LogP contribution in [0.4, 0.5) is 0 Å². The molecular formula is C10H17NO. The van der Waals surface area contributed by atoms with E-state index < -0.39 is 0 Å². The molecule has 1 fully saturated rings. The lowest BCUT2D eigenvalue weighted by atomic mass is 10.0. The van der Waals surface area contributed by atoms with Gasteiger partial charge >= 0.3 is 0 Å². The summed E-state index contributed by atoms with van der Waals surface area (Å²) in [6, 6.07) is 0. The van der Waals surface area contributed by atoms with Gasteiger partial charge in [-0.05, 0) is 12.8 Å². The molecule has 12 heavy (non-hydrogen) atoms. The van der Waals surface area contributed by atoms with Crippen LogP contribution in [0.5, 0.6) is 0 Å². The molecule has 2 heteroatoms. The van der Waals surface area contributed by atoms with E-state index in [1.807, 2.05) is 0 Å². The lowest BCUT2D eigenvalue weighted by Crippen LogP contribution is -2.13. The van der Waals surface area contributed by atoms with Crippen LogP contribution in [0.3, 0.4) is 0 Å². The minimum Gasteiger partial charge on any atom is -0.479 e. The second-order valence-corrected chi connectivity index (χ2v) is 3.76. The number of hydrogen-bond donors (Lipinski definition) is 0. The third-order valence-corrected chi connectivity index (χ3v) is 2.81. The SMILES string of the molecule is C1CCCC(C2=NCCO2)CC1. The van der Waals surface area contributed by atoms with Gasteiger partial charge in [0.1, 0.15) is 6.61 Å². The molecule has 0 saturated heterocycles. The molecule has 2 nitrogen and oxygen atoms in total. The predicted molar refractivity (Wildman–Crippen MR) is 49.4 cm³/mol. The van der Waals surface area contributed by atoms with Crippen molar-refractivity contribution >= 4 is 5.90 Å². The van der Waals surface area contributed by atoms with Crippen molar-refractivity contribution in [1.29, 1.82) is 0 Å². The summed E-state index contributed by atoms with van der Waals surface area (Å²) >= 11 is 0. The second kappa shape index (κ2) is 3.92. The van der Waals surface area contributed by atoms with Gasteiger partial charge in [-0.2, -0.15) is 0 Å². The fraction of sp³-hybridized carbons (Fsp3) is 0.900. The van der Waals surface area contributed by atoms with E-state index in [1.54, 1.807) is 0 Å². The van der Waals surface area contributed by atoms with Crippen LogP contribution >= 0.6 is 0 Å². The number of rotatable bonds is 1. The summed E-state index contributed by atoms with van der Waals surface area (Å²) in [7, 11) is 0. The van der Waals surface area contributed by atoms with Crippen molar-refractivity contribution in [3.8, 4) is 0 Å². The fourth-order valence-corrected chi connectivity index (χ4v) is 2.12. The zero-order chi connectivity index (χ0) is 8.23. The lowest BCUT2D eigenvalue weighted by molar-refractivity contribution is 0.315. The Morgan fingerprint density at radius 2 is 1.83 bits per heavy atom. The van der Waals surface area contributed by atoms with E-state index in [2.05, 4.69) is 4.99 Å². The van der Waals surface area contributed by atoms with E-state index in [0.29, 0.717) is 5.92 Å². The summed E-state index contributed by atoms with van der Waals surface area (Å²) in [5.41, 5.74) is 0. The van der Waals surface area contributed by atoms with Crippen molar-refractivity contribution in [3.05, 3.63) is 0 Å². The van der Waals surface area contributed by atoms with Gasteiger partial charge in [0.25, 0.3) is 0 Å². The maximum atomic E-state index is 5.50. The van der Waals surface area contributed by atoms with Crippen LogP contribution in [0.2, 0.25) is 0 Å². The molecule has 2 rings (SSSR count). The number of ether oxygens (including phenoxy) is 1. The molecule has 0 radical (unpaired) electrons. The molecular weight excluding hydrogens is 150 g/mol. The van der Waals surface area contributed by atoms with Gasteiger partial charge in [-0.15, -0.1) is 0 Å². The van der Waals surface area contributed by atoms with E-state index in [-0.39, 0.29) is 0 Å². The Labute approximate surface area is 74.0 Å². The van der Waals surface area contributed by atoms with Gasteiger partial charge in [-0.25, -0.2) is 0 Å². The molecule has 0 aromatic rings. The Morgan fingerprint density at radius 3 is 2.42 bits per heavy atom. The van der Waals surface area contributed by atoms with E-state index >= 15 is 0 Å². The monoisotopic (exact) mass is 167 g/mol. The van der Waals surface area contributed by atoms with Gasteiger partial charge in [0.2, 0.25) is 0 Å². The van der Waals surface area contributed by atoms with E-state index in [9.17, 15) is 0 Å². The Kier molecular flexibility index (Phi) is 2.64. The van der Waals surface area contributed by atoms with Gasteiger partial charge in [-0.3, -0.25) is 4.99 Å². The summed E-state index contributed by atoms with van der Waals surface area (Å²) in [6.07, 6.45) is 8.16. The van der Waals surface area contributed by atoms with Gasteiger partial charge in [0, 0.05) is 5.92 Å². The molecule has 1 saturated carbocycles. The number of hydrogen-bond acceptors (Lipinski definition) is 2. The normalized spacial score (nSPS) is 26.2. The molecule has 1 aliphatic carbocycles. The second-order valence-electron chi connectivity index (χ2n) is 3.76. The molecule has 0 spiro atoms. The fourth-order valence-electron chi connectivity index (χ4n) is 2.12. The molecule has 0 unspecified atom stereocenters. The van der Waals surface area contributed by atoms with E-state index in [1.165, 1.54) is 38.5 Å². The summed E-state index contributed by atoms with van der Waals surface area (Å²) in [5, 5.41) is 0. The Balaban J connectivity index is 1.91. The quantitative estimate of drug-likeness (QED) is 0.549. The van der Waals surface area contributed by atoms with Crippen LogP contribution in [0.1, 0.15) is 38.5 Å². The van der Waals surface area contributed by atoms with Crippen molar-refractivity contribution in [2.75, 3.05) is 13.2 Å². The van der Waals surface area contributed by atoms with Crippen LogP contribution in [0.25, 0.3) is 0 Å². The first kappa shape index (κ1) is 8.09. The third-order valence-electron chi connectivity index (χ3n) is 2.81. The van der Waals surface area contributed by atoms with Crippen LogP contribution < -0.4 is 0 Å². The average molecular weight is 167 g/mol. The topological polar surface area (TPSA) is 21.6 Å². The molecule has 68 valence electrons. The van der Waals surface area contributed by atoms with Crippen LogP contribution in [0, 0.1) is 5.92 Å². The molecule has 0 amide bonds. The highest BCUT2D eigenvalue weighted by Gasteiger charge is 2.21. The lowest BCUT2D eigenvalue weighted by Gasteiger charge is -2.12. The summed E-state index contributed by atoms with van der Waals surface area (Å²) in [4.78, 5) is 4.40. The highest BCUT2D eigenvalue weighted by Crippen LogP contribution is 2.25. The largest absolute Gasteiger partial charge is 0.479 e. The van der Waals surface area contributed by atoms with Crippen LogP contribution in [0.15, 0.2) is 4.99 Å². The first-order valence-electron chi connectivity index (χ1n) is 5.14. The first-order chi connectivity index (χ1) is 5.97. The smallest absolute Gasteiger partial charge is 0.186 e. The Hall–Kier alpha value is -0.530. The Morgan fingerprint density at radius 1 is 1.08 bits per heavy atom. The predicted octanol–water partition coefficient (Wildman–Crippen LogP) is 2.39. The van der Waals surface area contributed by atoms with Crippen LogP contribution in [-0.2, 0) is 4.74 Å². The van der Waals surface area contributed by atoms with Crippen LogP contribution in [-0.4, -0.2) is 19.0 Å². The zero-order valence-corrected chi connectivity index (χ0v) is 7.59. The highest BCUT2D eigenvalue weighted by molar-refractivity contribution is 5.79. The van der Waals surface area contributed by atoms with E-state index in [4.69, 9.17) is 4.74 Å². The summed E-state index contributed by atoms with van der Waals surface area (Å²) in [5.74, 6) is 1.73. The average Bonchev–Trinajstić information content (AvgIpc) is 2.48. The molecule has 0 aromatic heterocycles. The van der Waals surface area contributed by atoms with Gasteiger partial charge in [0.05, 0.1) is 6.54 Å². The van der Waals surface area contributed by atoms with Crippen molar-refractivity contribution < 1.29 is 4.74 Å². The summed E-state index contributed by atoms with van der Waals surface area (Å²) in [6.45, 7) is 1.72. The molecule has 1 heterocycles. The first-order valence-corrected chi connectivity index (χ1v) is 5.14. The van der Waals surface area contributed by atoms with Crippen molar-refractivity contribution in [3.63, 3.8) is 0 Å². The molecule has 0 N–H and O–H groups in total.